The van der Waals surface area contributed by atoms with E-state index in [1.165, 1.54) is 29.7 Å². The van der Waals surface area contributed by atoms with Gasteiger partial charge < -0.3 is 10.6 Å². The molecule has 0 amide bonds. The molecule has 3 nitrogen and oxygen atoms in total. The zero-order valence-electron chi connectivity index (χ0n) is 14.3. The molecule has 1 fully saturated rings. The molecule has 24 heavy (non-hydrogen) atoms. The predicted octanol–water partition coefficient (Wildman–Crippen LogP) is 4.52. The van der Waals surface area contributed by atoms with Gasteiger partial charge in [0.15, 0.2) is 0 Å². The van der Waals surface area contributed by atoms with Gasteiger partial charge >= 0.3 is 0 Å². The van der Waals surface area contributed by atoms with E-state index in [9.17, 15) is 0 Å². The van der Waals surface area contributed by atoms with E-state index in [1.54, 1.807) is 0 Å². The molecule has 1 unspecified atom stereocenters. The van der Waals surface area contributed by atoms with Crippen molar-refractivity contribution in [1.82, 2.24) is 4.90 Å². The van der Waals surface area contributed by atoms with Crippen molar-refractivity contribution in [3.8, 4) is 0 Å². The summed E-state index contributed by atoms with van der Waals surface area (Å²) in [5.74, 6) is 0. The SMILES string of the molecule is CN(C)c1cccc(C2CCCN2Cc2cccc(N)c2)c1.Cl.Cl. The molecular weight excluding hydrogens is 341 g/mol. The lowest BCUT2D eigenvalue weighted by atomic mass is 10.0. The summed E-state index contributed by atoms with van der Waals surface area (Å²) >= 11 is 0. The molecule has 0 radical (unpaired) electrons. The van der Waals surface area contributed by atoms with Crippen molar-refractivity contribution in [2.45, 2.75) is 25.4 Å². The lowest BCUT2D eigenvalue weighted by Gasteiger charge is -2.26. The molecule has 1 aliphatic rings. The van der Waals surface area contributed by atoms with Gasteiger partial charge in [0.25, 0.3) is 0 Å². The molecule has 0 saturated carbocycles. The fraction of sp³-hybridized carbons (Fsp3) is 0.368. The number of nitrogen functional groups attached to an aromatic ring is 1. The van der Waals surface area contributed by atoms with E-state index in [2.05, 4.69) is 60.3 Å². The Morgan fingerprint density at radius 2 is 1.83 bits per heavy atom. The summed E-state index contributed by atoms with van der Waals surface area (Å²) in [6.07, 6.45) is 2.50. The van der Waals surface area contributed by atoms with Crippen molar-refractivity contribution >= 4 is 36.2 Å². The molecule has 0 aromatic heterocycles. The number of benzene rings is 2. The van der Waals surface area contributed by atoms with Crippen LogP contribution in [0.4, 0.5) is 11.4 Å². The summed E-state index contributed by atoms with van der Waals surface area (Å²) in [5.41, 5.74) is 10.8. The first-order valence-electron chi connectivity index (χ1n) is 7.99. The van der Waals surface area contributed by atoms with Crippen molar-refractivity contribution in [1.29, 1.82) is 0 Å². The van der Waals surface area contributed by atoms with Gasteiger partial charge in [-0.15, -0.1) is 24.8 Å². The highest BCUT2D eigenvalue weighted by molar-refractivity contribution is 5.85. The summed E-state index contributed by atoms with van der Waals surface area (Å²) in [4.78, 5) is 4.74. The number of hydrogen-bond acceptors (Lipinski definition) is 3. The summed E-state index contributed by atoms with van der Waals surface area (Å²) in [6.45, 7) is 2.13. The Labute approximate surface area is 157 Å². The first-order chi connectivity index (χ1) is 10.6. The van der Waals surface area contributed by atoms with Crippen molar-refractivity contribution in [2.75, 3.05) is 31.3 Å². The van der Waals surface area contributed by atoms with Gasteiger partial charge in [0.05, 0.1) is 0 Å². The van der Waals surface area contributed by atoms with E-state index >= 15 is 0 Å². The third-order valence-electron chi connectivity index (χ3n) is 4.47. The molecule has 0 aliphatic carbocycles. The quantitative estimate of drug-likeness (QED) is 0.806. The third kappa shape index (κ3) is 4.79. The Morgan fingerprint density at radius 3 is 2.54 bits per heavy atom. The molecule has 3 rings (SSSR count). The van der Waals surface area contributed by atoms with Gasteiger partial charge in [0, 0.05) is 38.1 Å². The fourth-order valence-corrected chi connectivity index (χ4v) is 3.33. The Morgan fingerprint density at radius 1 is 1.08 bits per heavy atom. The lowest BCUT2D eigenvalue weighted by Crippen LogP contribution is -2.23. The largest absolute Gasteiger partial charge is 0.399 e. The molecule has 1 heterocycles. The topological polar surface area (TPSA) is 32.5 Å². The van der Waals surface area contributed by atoms with E-state index < -0.39 is 0 Å². The summed E-state index contributed by atoms with van der Waals surface area (Å²) < 4.78 is 0. The highest BCUT2D eigenvalue weighted by atomic mass is 35.5. The minimum Gasteiger partial charge on any atom is -0.399 e. The first-order valence-corrected chi connectivity index (χ1v) is 7.99. The first kappa shape index (κ1) is 20.6. The monoisotopic (exact) mass is 367 g/mol. The van der Waals surface area contributed by atoms with Crippen molar-refractivity contribution < 1.29 is 0 Å². The number of nitrogens with zero attached hydrogens (tertiary/aromatic N) is 2. The molecule has 2 N–H and O–H groups in total. The normalized spacial score (nSPS) is 17.0. The smallest absolute Gasteiger partial charge is 0.0364 e. The van der Waals surface area contributed by atoms with Gasteiger partial charge in [-0.25, -0.2) is 0 Å². The molecular formula is C19H27Cl2N3. The standard InChI is InChI=1S/C19H25N3.2ClH/c1-21(2)18-9-4-7-16(13-18)19-10-5-11-22(19)14-15-6-3-8-17(20)12-15;;/h3-4,6-9,12-13,19H,5,10-11,14,20H2,1-2H3;2*1H. The van der Waals surface area contributed by atoms with E-state index in [0.29, 0.717) is 6.04 Å². The van der Waals surface area contributed by atoms with Crippen LogP contribution in [0.3, 0.4) is 0 Å². The van der Waals surface area contributed by atoms with Crippen molar-refractivity contribution in [2.24, 2.45) is 0 Å². The van der Waals surface area contributed by atoms with Crippen LogP contribution in [0, 0.1) is 0 Å². The zero-order valence-corrected chi connectivity index (χ0v) is 15.9. The van der Waals surface area contributed by atoms with E-state index in [4.69, 9.17) is 5.73 Å². The maximum Gasteiger partial charge on any atom is 0.0364 e. The van der Waals surface area contributed by atoms with Gasteiger partial charge in [-0.1, -0.05) is 24.3 Å². The summed E-state index contributed by atoms with van der Waals surface area (Å²) in [6, 6.07) is 17.7. The Kier molecular flexibility index (Phi) is 7.88. The van der Waals surface area contributed by atoms with Crippen LogP contribution in [0.15, 0.2) is 48.5 Å². The van der Waals surface area contributed by atoms with E-state index in [1.807, 2.05) is 12.1 Å². The molecule has 2 aromatic carbocycles. The Hall–Kier alpha value is -1.42. The average Bonchev–Trinajstić information content (AvgIpc) is 2.95. The van der Waals surface area contributed by atoms with Crippen LogP contribution in [-0.2, 0) is 6.54 Å². The molecule has 132 valence electrons. The number of halogens is 2. The Balaban J connectivity index is 0.00000144. The van der Waals surface area contributed by atoms with Gasteiger partial charge in [0.1, 0.15) is 0 Å². The molecule has 1 atom stereocenters. The van der Waals surface area contributed by atoms with Crippen LogP contribution in [0.5, 0.6) is 0 Å². The van der Waals surface area contributed by atoms with Gasteiger partial charge in [-0.05, 0) is 54.8 Å². The number of anilines is 2. The molecule has 0 bridgehead atoms. The summed E-state index contributed by atoms with van der Waals surface area (Å²) in [5, 5.41) is 0. The van der Waals surface area contributed by atoms with Crippen LogP contribution < -0.4 is 10.6 Å². The van der Waals surface area contributed by atoms with E-state index in [-0.39, 0.29) is 24.8 Å². The van der Waals surface area contributed by atoms with Crippen molar-refractivity contribution in [3.05, 3.63) is 59.7 Å². The second-order valence-corrected chi connectivity index (χ2v) is 6.36. The fourth-order valence-electron chi connectivity index (χ4n) is 3.33. The number of likely N-dealkylation sites (tertiary alicyclic amines) is 1. The minimum atomic E-state index is 0. The zero-order chi connectivity index (χ0) is 15.5. The second-order valence-electron chi connectivity index (χ2n) is 6.36. The molecule has 2 aromatic rings. The van der Waals surface area contributed by atoms with Gasteiger partial charge in [0.2, 0.25) is 0 Å². The van der Waals surface area contributed by atoms with Crippen LogP contribution in [0.2, 0.25) is 0 Å². The maximum absolute atomic E-state index is 5.91. The van der Waals surface area contributed by atoms with Gasteiger partial charge in [-0.2, -0.15) is 0 Å². The van der Waals surface area contributed by atoms with Crippen LogP contribution in [0.25, 0.3) is 0 Å². The average molecular weight is 368 g/mol. The highest BCUT2D eigenvalue weighted by Gasteiger charge is 2.26. The maximum atomic E-state index is 5.91. The Bertz CT molecular complexity index is 646. The second kappa shape index (κ2) is 9.16. The highest BCUT2D eigenvalue weighted by Crippen LogP contribution is 2.34. The van der Waals surface area contributed by atoms with Crippen LogP contribution in [-0.4, -0.2) is 25.5 Å². The van der Waals surface area contributed by atoms with Crippen LogP contribution in [0.1, 0.15) is 30.0 Å². The lowest BCUT2D eigenvalue weighted by molar-refractivity contribution is 0.248. The predicted molar refractivity (Wildman–Crippen MR) is 109 cm³/mol. The van der Waals surface area contributed by atoms with E-state index in [0.717, 1.165) is 18.8 Å². The molecule has 1 saturated heterocycles. The minimum absolute atomic E-state index is 0. The summed E-state index contributed by atoms with van der Waals surface area (Å²) in [7, 11) is 4.19. The number of hydrogen-bond donors (Lipinski definition) is 1. The number of nitrogens with two attached hydrogens (primary N) is 1. The molecule has 5 heteroatoms. The van der Waals surface area contributed by atoms with Crippen molar-refractivity contribution in [3.63, 3.8) is 0 Å². The third-order valence-corrected chi connectivity index (χ3v) is 4.47. The molecule has 0 spiro atoms. The van der Waals surface area contributed by atoms with Gasteiger partial charge in [-0.3, -0.25) is 4.90 Å². The number of rotatable bonds is 4. The molecule has 1 aliphatic heterocycles. The van der Waals surface area contributed by atoms with Crippen LogP contribution >= 0.6 is 24.8 Å².